The second-order valence-corrected chi connectivity index (χ2v) is 6.30. The quantitative estimate of drug-likeness (QED) is 0.856. The lowest BCUT2D eigenvalue weighted by molar-refractivity contribution is 0.393. The number of sulfonamides is 1. The molecule has 0 saturated carbocycles. The Morgan fingerprint density at radius 3 is 2.72 bits per heavy atom. The topological polar surface area (TPSA) is 87.2 Å². The van der Waals surface area contributed by atoms with Crippen molar-refractivity contribution in [2.45, 2.75) is 24.3 Å². The Bertz CT molecular complexity index is 580. The fourth-order valence-electron chi connectivity index (χ4n) is 1.37. The Balaban J connectivity index is 3.22. The summed E-state index contributed by atoms with van der Waals surface area (Å²) in [5, 5.41) is 8.71. The molecule has 1 aromatic rings. The van der Waals surface area contributed by atoms with Gasteiger partial charge >= 0.3 is 0 Å². The van der Waals surface area contributed by atoms with Gasteiger partial charge in [0.05, 0.1) is 17.5 Å². The first-order valence-electron chi connectivity index (χ1n) is 5.20. The highest BCUT2D eigenvalue weighted by molar-refractivity contribution is 7.89. The van der Waals surface area contributed by atoms with Gasteiger partial charge in [-0.2, -0.15) is 9.57 Å². The zero-order chi connectivity index (χ0) is 13.9. The molecule has 0 heterocycles. The summed E-state index contributed by atoms with van der Waals surface area (Å²) in [4.78, 5) is -0.0449. The number of anilines is 1. The number of halogens is 1. The van der Waals surface area contributed by atoms with Crippen LogP contribution < -0.4 is 5.73 Å². The van der Waals surface area contributed by atoms with Gasteiger partial charge in [-0.1, -0.05) is 11.6 Å². The Morgan fingerprint density at radius 1 is 1.56 bits per heavy atom. The van der Waals surface area contributed by atoms with Crippen LogP contribution >= 0.6 is 11.6 Å². The molecule has 1 atom stereocenters. The van der Waals surface area contributed by atoms with Crippen molar-refractivity contribution in [3.8, 4) is 6.07 Å². The van der Waals surface area contributed by atoms with Crippen molar-refractivity contribution < 1.29 is 8.42 Å². The molecule has 5 nitrogen and oxygen atoms in total. The second-order valence-electron chi connectivity index (χ2n) is 3.92. The van der Waals surface area contributed by atoms with Crippen molar-refractivity contribution in [2.75, 3.05) is 12.8 Å². The lowest BCUT2D eigenvalue weighted by atomic mass is 10.3. The summed E-state index contributed by atoms with van der Waals surface area (Å²) in [6, 6.07) is 5.78. The third-order valence-electron chi connectivity index (χ3n) is 2.62. The molecular formula is C11H14ClN3O2S. The summed E-state index contributed by atoms with van der Waals surface area (Å²) in [5.41, 5.74) is 5.88. The molecule has 98 valence electrons. The molecule has 1 aromatic carbocycles. The van der Waals surface area contributed by atoms with Gasteiger partial charge in [-0.15, -0.1) is 0 Å². The van der Waals surface area contributed by atoms with Crippen molar-refractivity contribution in [2.24, 2.45) is 0 Å². The van der Waals surface area contributed by atoms with E-state index >= 15 is 0 Å². The second kappa shape index (κ2) is 5.57. The van der Waals surface area contributed by atoms with Crippen molar-refractivity contribution in [1.29, 1.82) is 5.26 Å². The predicted molar refractivity (Wildman–Crippen MR) is 70.5 cm³/mol. The van der Waals surface area contributed by atoms with Crippen LogP contribution in [0.15, 0.2) is 23.1 Å². The first-order valence-corrected chi connectivity index (χ1v) is 7.02. The van der Waals surface area contributed by atoms with Gasteiger partial charge in [0.1, 0.15) is 4.90 Å². The monoisotopic (exact) mass is 287 g/mol. The van der Waals surface area contributed by atoms with Crippen molar-refractivity contribution in [3.05, 3.63) is 23.2 Å². The SMILES string of the molecule is CC(CC#N)N(C)S(=O)(=O)c1cc(N)ccc1Cl. The van der Waals surface area contributed by atoms with Gasteiger partial charge in [-0.25, -0.2) is 8.42 Å². The van der Waals surface area contributed by atoms with Crippen LogP contribution in [0.3, 0.4) is 0 Å². The highest BCUT2D eigenvalue weighted by Gasteiger charge is 2.27. The summed E-state index contributed by atoms with van der Waals surface area (Å²) >= 11 is 5.88. The molecule has 0 aliphatic carbocycles. The summed E-state index contributed by atoms with van der Waals surface area (Å²) in [7, 11) is -2.33. The fraction of sp³-hybridized carbons (Fsp3) is 0.364. The van der Waals surface area contributed by atoms with Crippen LogP contribution in [0.2, 0.25) is 5.02 Å². The van der Waals surface area contributed by atoms with Crippen LogP contribution in [0.4, 0.5) is 5.69 Å². The molecule has 0 aliphatic heterocycles. The van der Waals surface area contributed by atoms with Crippen LogP contribution in [0, 0.1) is 11.3 Å². The molecule has 0 spiro atoms. The number of nitrogen functional groups attached to an aromatic ring is 1. The summed E-state index contributed by atoms with van der Waals surface area (Å²) in [6.45, 7) is 1.65. The number of nitrogens with two attached hydrogens (primary N) is 1. The average molecular weight is 288 g/mol. The van der Waals surface area contributed by atoms with Gasteiger partial charge in [-0.05, 0) is 25.1 Å². The minimum absolute atomic E-state index is 0.0449. The Kier molecular flexibility index (Phi) is 4.57. The largest absolute Gasteiger partial charge is 0.399 e. The highest BCUT2D eigenvalue weighted by Crippen LogP contribution is 2.27. The number of nitriles is 1. The number of benzene rings is 1. The standard InChI is InChI=1S/C11H14ClN3O2S/c1-8(5-6-13)15(2)18(16,17)11-7-9(14)3-4-10(11)12/h3-4,7-8H,5,14H2,1-2H3. The number of hydrogen-bond donors (Lipinski definition) is 1. The molecule has 0 radical (unpaired) electrons. The van der Waals surface area contributed by atoms with Crippen molar-refractivity contribution in [1.82, 2.24) is 4.31 Å². The Hall–Kier alpha value is -1.29. The van der Waals surface area contributed by atoms with Crippen molar-refractivity contribution in [3.63, 3.8) is 0 Å². The maximum Gasteiger partial charge on any atom is 0.244 e. The van der Waals surface area contributed by atoms with Crippen LogP contribution in [0.25, 0.3) is 0 Å². The smallest absolute Gasteiger partial charge is 0.244 e. The molecule has 18 heavy (non-hydrogen) atoms. The van der Waals surface area contributed by atoms with E-state index in [1.165, 1.54) is 25.2 Å². The predicted octanol–water partition coefficient (Wildman–Crippen LogP) is 1.84. The van der Waals surface area contributed by atoms with E-state index in [-0.39, 0.29) is 16.3 Å². The molecule has 2 N–H and O–H groups in total. The summed E-state index contributed by atoms with van der Waals surface area (Å²) in [6.07, 6.45) is 0.107. The molecule has 0 saturated heterocycles. The van der Waals surface area contributed by atoms with E-state index in [1.807, 2.05) is 6.07 Å². The van der Waals surface area contributed by atoms with Gasteiger partial charge in [0, 0.05) is 18.8 Å². The summed E-state index contributed by atoms with van der Waals surface area (Å²) < 4.78 is 25.7. The molecule has 0 aliphatic rings. The Morgan fingerprint density at radius 2 is 2.17 bits per heavy atom. The normalized spacial score (nSPS) is 13.3. The maximum atomic E-state index is 12.3. The van der Waals surface area contributed by atoms with Crippen LogP contribution in [-0.2, 0) is 10.0 Å². The van der Waals surface area contributed by atoms with E-state index < -0.39 is 16.1 Å². The molecular weight excluding hydrogens is 274 g/mol. The third kappa shape index (κ3) is 2.93. The molecule has 0 aromatic heterocycles. The fourth-order valence-corrected chi connectivity index (χ4v) is 3.24. The van der Waals surface area contributed by atoms with E-state index in [9.17, 15) is 8.42 Å². The minimum atomic E-state index is -3.74. The average Bonchev–Trinajstić information content (AvgIpc) is 2.31. The van der Waals surface area contributed by atoms with E-state index in [1.54, 1.807) is 6.92 Å². The first kappa shape index (κ1) is 14.8. The lowest BCUT2D eigenvalue weighted by Gasteiger charge is -2.23. The third-order valence-corrected chi connectivity index (χ3v) is 5.07. The van der Waals surface area contributed by atoms with Gasteiger partial charge in [-0.3, -0.25) is 0 Å². The van der Waals surface area contributed by atoms with E-state index in [2.05, 4.69) is 0 Å². The molecule has 0 fully saturated rings. The van der Waals surface area contributed by atoms with Crippen LogP contribution in [0.1, 0.15) is 13.3 Å². The highest BCUT2D eigenvalue weighted by atomic mass is 35.5. The number of rotatable bonds is 4. The van der Waals surface area contributed by atoms with Crippen LogP contribution in [0.5, 0.6) is 0 Å². The molecule has 7 heteroatoms. The van der Waals surface area contributed by atoms with Gasteiger partial charge in [0.2, 0.25) is 10.0 Å². The number of hydrogen-bond acceptors (Lipinski definition) is 4. The van der Waals surface area contributed by atoms with E-state index in [0.717, 1.165) is 4.31 Å². The first-order chi connectivity index (χ1) is 8.30. The van der Waals surface area contributed by atoms with Gasteiger partial charge in [0.15, 0.2) is 0 Å². The molecule has 0 bridgehead atoms. The molecule has 1 unspecified atom stereocenters. The zero-order valence-corrected chi connectivity index (χ0v) is 11.7. The van der Waals surface area contributed by atoms with Crippen molar-refractivity contribution >= 4 is 27.3 Å². The van der Waals surface area contributed by atoms with Gasteiger partial charge < -0.3 is 5.73 Å². The lowest BCUT2D eigenvalue weighted by Crippen LogP contribution is -2.35. The minimum Gasteiger partial charge on any atom is -0.399 e. The molecule has 1 rings (SSSR count). The summed E-state index contributed by atoms with van der Waals surface area (Å²) in [5.74, 6) is 0. The molecule has 0 amide bonds. The van der Waals surface area contributed by atoms with Gasteiger partial charge in [0.25, 0.3) is 0 Å². The zero-order valence-electron chi connectivity index (χ0n) is 10.1. The maximum absolute atomic E-state index is 12.3. The van der Waals surface area contributed by atoms with Crippen LogP contribution in [-0.4, -0.2) is 25.8 Å². The van der Waals surface area contributed by atoms with E-state index in [4.69, 9.17) is 22.6 Å². The number of nitrogens with zero attached hydrogens (tertiary/aromatic N) is 2. The Labute approximate surface area is 112 Å². The van der Waals surface area contributed by atoms with E-state index in [0.29, 0.717) is 5.69 Å².